The van der Waals surface area contributed by atoms with E-state index in [9.17, 15) is 19.7 Å². The van der Waals surface area contributed by atoms with Crippen LogP contribution in [0.5, 0.6) is 17.2 Å². The lowest BCUT2D eigenvalue weighted by atomic mass is 9.89. The maximum absolute atomic E-state index is 13.9. The largest absolute Gasteiger partial charge is 0.494 e. The van der Waals surface area contributed by atoms with Gasteiger partial charge >= 0.3 is 0 Å². The van der Waals surface area contributed by atoms with E-state index in [1.165, 1.54) is 31.4 Å². The number of nitrogens with zero attached hydrogens (tertiary/aromatic N) is 3. The molecule has 0 aromatic heterocycles. The average molecular weight is 534 g/mol. The number of methoxy groups -OCH3 is 2. The van der Waals surface area contributed by atoms with E-state index in [4.69, 9.17) is 19.0 Å². The number of carbonyl (C=O) groups excluding carboxylic acids is 2. The van der Waals surface area contributed by atoms with Crippen molar-refractivity contribution in [1.29, 1.82) is 0 Å². The van der Waals surface area contributed by atoms with E-state index in [1.54, 1.807) is 54.6 Å². The van der Waals surface area contributed by atoms with Gasteiger partial charge < -0.3 is 14.2 Å². The van der Waals surface area contributed by atoms with Gasteiger partial charge in [0.1, 0.15) is 17.7 Å². The number of fused-ring (bicyclic) bond motifs is 1. The number of hydrogen-bond donors (Lipinski definition) is 0. The van der Waals surface area contributed by atoms with E-state index in [-0.39, 0.29) is 22.7 Å². The maximum Gasteiger partial charge on any atom is 0.278 e. The number of imide groups is 1. The Labute approximate surface area is 224 Å². The molecular weight excluding hydrogens is 506 g/mol. The topological polar surface area (TPSA) is 121 Å². The van der Waals surface area contributed by atoms with E-state index >= 15 is 0 Å². The number of benzene rings is 3. The molecule has 0 radical (unpaired) electrons. The lowest BCUT2D eigenvalue weighted by Gasteiger charge is -2.29. The van der Waals surface area contributed by atoms with Gasteiger partial charge in [-0.2, -0.15) is 0 Å². The van der Waals surface area contributed by atoms with Crippen LogP contribution in [-0.4, -0.2) is 43.7 Å². The SMILES string of the molecule is CCCOc1ccc(N2C(=O)[C@H]3[C@@H](c4cc(OC)c(OC)cc4[N+](=O)[O-])N(c4ccccc4)O[C@H]3C2=O)cc1. The van der Waals surface area contributed by atoms with Gasteiger partial charge in [0.2, 0.25) is 5.91 Å². The van der Waals surface area contributed by atoms with Crippen molar-refractivity contribution in [3.63, 3.8) is 0 Å². The summed E-state index contributed by atoms with van der Waals surface area (Å²) < 4.78 is 16.3. The molecule has 0 N–H and O–H groups in total. The van der Waals surface area contributed by atoms with Crippen LogP contribution in [0, 0.1) is 16.0 Å². The summed E-state index contributed by atoms with van der Waals surface area (Å²) in [6, 6.07) is 17.2. The number of hydroxylamine groups is 1. The van der Waals surface area contributed by atoms with Crippen LogP contribution in [0.1, 0.15) is 24.9 Å². The van der Waals surface area contributed by atoms with Crippen LogP contribution in [0.15, 0.2) is 66.7 Å². The second kappa shape index (κ2) is 10.6. The van der Waals surface area contributed by atoms with E-state index in [1.807, 2.05) is 6.92 Å². The fraction of sp³-hybridized carbons (Fsp3) is 0.286. The zero-order chi connectivity index (χ0) is 27.7. The summed E-state index contributed by atoms with van der Waals surface area (Å²) in [5.41, 5.74) is 0.753. The van der Waals surface area contributed by atoms with Crippen LogP contribution in [0.25, 0.3) is 0 Å². The normalized spacial score (nSPS) is 20.2. The van der Waals surface area contributed by atoms with Crippen molar-refractivity contribution in [2.45, 2.75) is 25.5 Å². The van der Waals surface area contributed by atoms with E-state index < -0.39 is 34.8 Å². The second-order valence-electron chi connectivity index (χ2n) is 9.04. The predicted molar refractivity (Wildman–Crippen MR) is 141 cm³/mol. The summed E-state index contributed by atoms with van der Waals surface area (Å²) in [6.07, 6.45) is -0.348. The molecule has 0 unspecified atom stereocenters. The number of anilines is 2. The van der Waals surface area contributed by atoms with Crippen molar-refractivity contribution in [3.05, 3.63) is 82.4 Å². The Morgan fingerprint density at radius 3 is 2.21 bits per heavy atom. The van der Waals surface area contributed by atoms with Gasteiger partial charge in [-0.15, -0.1) is 0 Å². The summed E-state index contributed by atoms with van der Waals surface area (Å²) in [5.74, 6) is -1.13. The zero-order valence-corrected chi connectivity index (χ0v) is 21.6. The molecule has 2 amide bonds. The minimum Gasteiger partial charge on any atom is -0.494 e. The molecule has 3 aromatic rings. The molecule has 11 nitrogen and oxygen atoms in total. The minimum absolute atomic E-state index is 0.153. The molecule has 0 aliphatic carbocycles. The van der Waals surface area contributed by atoms with Crippen molar-refractivity contribution < 1.29 is 33.6 Å². The molecule has 5 rings (SSSR count). The Kier molecular flexibility index (Phi) is 7.07. The van der Waals surface area contributed by atoms with Crippen molar-refractivity contribution >= 4 is 28.9 Å². The fourth-order valence-electron chi connectivity index (χ4n) is 4.97. The first-order valence-electron chi connectivity index (χ1n) is 12.4. The highest BCUT2D eigenvalue weighted by atomic mass is 16.7. The van der Waals surface area contributed by atoms with E-state index in [0.717, 1.165) is 11.3 Å². The lowest BCUT2D eigenvalue weighted by molar-refractivity contribution is -0.385. The van der Waals surface area contributed by atoms with Crippen LogP contribution in [0.4, 0.5) is 17.1 Å². The number of nitro benzene ring substituents is 1. The van der Waals surface area contributed by atoms with Gasteiger partial charge in [-0.1, -0.05) is 25.1 Å². The predicted octanol–water partition coefficient (Wildman–Crippen LogP) is 4.45. The Morgan fingerprint density at radius 2 is 1.59 bits per heavy atom. The average Bonchev–Trinajstić information content (AvgIpc) is 3.47. The molecule has 2 fully saturated rings. The second-order valence-corrected chi connectivity index (χ2v) is 9.04. The van der Waals surface area contributed by atoms with Crippen LogP contribution in [0.2, 0.25) is 0 Å². The Balaban J connectivity index is 1.60. The van der Waals surface area contributed by atoms with Gasteiger partial charge in [-0.25, -0.2) is 9.96 Å². The molecule has 0 spiro atoms. The van der Waals surface area contributed by atoms with E-state index in [2.05, 4.69) is 0 Å². The van der Waals surface area contributed by atoms with Gasteiger partial charge in [0, 0.05) is 0 Å². The first-order chi connectivity index (χ1) is 18.9. The molecule has 2 aliphatic heterocycles. The molecule has 0 bridgehead atoms. The Hall–Kier alpha value is -4.64. The molecule has 3 atom stereocenters. The maximum atomic E-state index is 13.9. The quantitative estimate of drug-likeness (QED) is 0.223. The molecule has 0 saturated carbocycles. The third kappa shape index (κ3) is 4.50. The smallest absolute Gasteiger partial charge is 0.278 e. The highest BCUT2D eigenvalue weighted by Gasteiger charge is 2.61. The summed E-state index contributed by atoms with van der Waals surface area (Å²) >= 11 is 0. The molecule has 2 saturated heterocycles. The Morgan fingerprint density at radius 1 is 0.923 bits per heavy atom. The van der Waals surface area contributed by atoms with Gasteiger partial charge in [-0.3, -0.25) is 24.5 Å². The monoisotopic (exact) mass is 533 g/mol. The minimum atomic E-state index is -1.19. The molecular formula is C28H27N3O8. The fourth-order valence-corrected chi connectivity index (χ4v) is 4.97. The summed E-state index contributed by atoms with van der Waals surface area (Å²) in [6.45, 7) is 2.53. The van der Waals surface area contributed by atoms with Crippen molar-refractivity contribution in [1.82, 2.24) is 0 Å². The number of para-hydroxylation sites is 1. The molecule has 39 heavy (non-hydrogen) atoms. The summed E-state index contributed by atoms with van der Waals surface area (Å²) in [4.78, 5) is 46.3. The summed E-state index contributed by atoms with van der Waals surface area (Å²) in [5, 5.41) is 13.6. The van der Waals surface area contributed by atoms with Crippen LogP contribution < -0.4 is 24.2 Å². The van der Waals surface area contributed by atoms with Crippen LogP contribution >= 0.6 is 0 Å². The van der Waals surface area contributed by atoms with Crippen molar-refractivity contribution in [3.8, 4) is 17.2 Å². The van der Waals surface area contributed by atoms with E-state index in [0.29, 0.717) is 23.7 Å². The van der Waals surface area contributed by atoms with Gasteiger partial charge in [-0.05, 0) is 48.9 Å². The number of carbonyl (C=O) groups is 2. The van der Waals surface area contributed by atoms with Crippen LogP contribution in [-0.2, 0) is 14.4 Å². The Bertz CT molecular complexity index is 1400. The van der Waals surface area contributed by atoms with Gasteiger partial charge in [0.05, 0.1) is 48.8 Å². The first kappa shape index (κ1) is 26.0. The highest BCUT2D eigenvalue weighted by molar-refractivity contribution is 6.24. The summed E-state index contributed by atoms with van der Waals surface area (Å²) in [7, 11) is 2.79. The zero-order valence-electron chi connectivity index (χ0n) is 21.6. The third-order valence-corrected chi connectivity index (χ3v) is 6.74. The molecule has 2 aliphatic rings. The lowest BCUT2D eigenvalue weighted by Crippen LogP contribution is -2.37. The van der Waals surface area contributed by atoms with Crippen molar-refractivity contribution in [2.24, 2.45) is 5.92 Å². The number of nitro groups is 1. The number of ether oxygens (including phenoxy) is 3. The molecule has 11 heteroatoms. The first-order valence-corrected chi connectivity index (χ1v) is 12.4. The molecule has 3 aromatic carbocycles. The standard InChI is InChI=1S/C28H27N3O8/c1-4-14-38-19-12-10-17(11-13-19)29-27(32)24-25(20-15-22(36-2)23(37-3)16-21(20)31(34)35)30(39-26(24)28(29)33)18-8-6-5-7-9-18/h5-13,15-16,24-26H,4,14H2,1-3H3/t24-,25+,26+/m0/s1. The third-order valence-electron chi connectivity index (χ3n) is 6.74. The number of rotatable bonds is 9. The van der Waals surface area contributed by atoms with Crippen molar-refractivity contribution in [2.75, 3.05) is 30.8 Å². The molecule has 202 valence electrons. The number of hydrogen-bond acceptors (Lipinski definition) is 9. The molecule has 2 heterocycles. The highest BCUT2D eigenvalue weighted by Crippen LogP contribution is 2.51. The van der Waals surface area contributed by atoms with Crippen LogP contribution in [0.3, 0.4) is 0 Å². The van der Waals surface area contributed by atoms with Gasteiger partial charge in [0.25, 0.3) is 11.6 Å². The van der Waals surface area contributed by atoms with Gasteiger partial charge in [0.15, 0.2) is 17.6 Å². The number of amides is 2.